The number of nitrogens with zero attached hydrogens (tertiary/aromatic N) is 3. The van der Waals surface area contributed by atoms with Crippen molar-refractivity contribution in [3.8, 4) is 39.6 Å². The number of hydrogen-bond donors (Lipinski definition) is 0. The Kier molecular flexibility index (Phi) is 7.38. The molecule has 0 aliphatic rings. The summed E-state index contributed by atoms with van der Waals surface area (Å²) in [5.74, 6) is 0.713. The molecule has 0 aliphatic carbocycles. The highest BCUT2D eigenvalue weighted by Crippen LogP contribution is 2.43. The maximum absolute atomic E-state index is 5.09. The van der Waals surface area contributed by atoms with Gasteiger partial charge in [-0.15, -0.1) is 11.3 Å². The SMILES string of the molecule is C=Cc1ccc2c(sc3cc4c(cc32)c2cc3ccccc3cc2n4-c2ccc(-c3cc(-c4ccccc4)nc(-c4ccccc4)n3)cc2)c1/C=C\C. The van der Waals surface area contributed by atoms with Crippen molar-refractivity contribution in [1.29, 1.82) is 0 Å². The van der Waals surface area contributed by atoms with E-state index in [9.17, 15) is 0 Å². The van der Waals surface area contributed by atoms with Crippen molar-refractivity contribution in [2.24, 2.45) is 0 Å². The first-order valence-corrected chi connectivity index (χ1v) is 18.7. The molecule has 0 fully saturated rings. The van der Waals surface area contributed by atoms with Gasteiger partial charge < -0.3 is 4.57 Å². The summed E-state index contributed by atoms with van der Waals surface area (Å²) in [5.41, 5.74) is 10.8. The third-order valence-corrected chi connectivity index (χ3v) is 11.5. The van der Waals surface area contributed by atoms with Gasteiger partial charge in [0.1, 0.15) is 0 Å². The number of aromatic nitrogens is 3. The van der Waals surface area contributed by atoms with Gasteiger partial charge in [0.05, 0.1) is 22.4 Å². The van der Waals surface area contributed by atoms with Crippen molar-refractivity contribution in [3.63, 3.8) is 0 Å². The first kappa shape index (κ1) is 31.1. The summed E-state index contributed by atoms with van der Waals surface area (Å²) >= 11 is 1.86. The van der Waals surface area contributed by atoms with Gasteiger partial charge in [-0.05, 0) is 71.3 Å². The smallest absolute Gasteiger partial charge is 0.160 e. The van der Waals surface area contributed by atoms with E-state index in [1.165, 1.54) is 58.3 Å². The molecule has 0 N–H and O–H groups in total. The zero-order valence-corrected chi connectivity index (χ0v) is 29.9. The van der Waals surface area contributed by atoms with Gasteiger partial charge in [0.15, 0.2) is 5.82 Å². The molecule has 10 aromatic rings. The summed E-state index contributed by atoms with van der Waals surface area (Å²) in [5, 5.41) is 7.53. The number of hydrogen-bond acceptors (Lipinski definition) is 3. The summed E-state index contributed by atoms with van der Waals surface area (Å²) in [4.78, 5) is 10.1. The monoisotopic (exact) mass is 695 g/mol. The molecule has 10 rings (SSSR count). The minimum Gasteiger partial charge on any atom is -0.309 e. The third-order valence-electron chi connectivity index (χ3n) is 10.3. The number of fused-ring (bicyclic) bond motifs is 7. The molecule has 250 valence electrons. The van der Waals surface area contributed by atoms with Crippen LogP contribution < -0.4 is 0 Å². The second kappa shape index (κ2) is 12.6. The Morgan fingerprint density at radius 2 is 1.19 bits per heavy atom. The second-order valence-corrected chi connectivity index (χ2v) is 14.5. The Morgan fingerprint density at radius 3 is 1.89 bits per heavy atom. The van der Waals surface area contributed by atoms with E-state index in [0.29, 0.717) is 5.82 Å². The first-order valence-electron chi connectivity index (χ1n) is 17.9. The van der Waals surface area contributed by atoms with Gasteiger partial charge in [-0.3, -0.25) is 0 Å². The van der Waals surface area contributed by atoms with Gasteiger partial charge in [-0.2, -0.15) is 0 Å². The second-order valence-electron chi connectivity index (χ2n) is 13.4. The summed E-state index contributed by atoms with van der Waals surface area (Å²) in [6.45, 7) is 6.17. The number of allylic oxidation sites excluding steroid dienone is 1. The molecule has 0 spiro atoms. The highest BCUT2D eigenvalue weighted by atomic mass is 32.1. The van der Waals surface area contributed by atoms with Gasteiger partial charge in [0, 0.05) is 53.3 Å². The molecular weight excluding hydrogens is 663 g/mol. The van der Waals surface area contributed by atoms with Crippen LogP contribution in [0, 0.1) is 0 Å². The van der Waals surface area contributed by atoms with Crippen LogP contribution in [0.5, 0.6) is 0 Å². The zero-order chi connectivity index (χ0) is 35.5. The molecule has 0 saturated carbocycles. The van der Waals surface area contributed by atoms with Crippen LogP contribution in [0.3, 0.4) is 0 Å². The van der Waals surface area contributed by atoms with Crippen LogP contribution in [0.4, 0.5) is 0 Å². The van der Waals surface area contributed by atoms with E-state index in [4.69, 9.17) is 9.97 Å². The predicted molar refractivity (Wildman–Crippen MR) is 228 cm³/mol. The van der Waals surface area contributed by atoms with Crippen molar-refractivity contribution in [2.75, 3.05) is 0 Å². The Bertz CT molecular complexity index is 3000. The van der Waals surface area contributed by atoms with E-state index >= 15 is 0 Å². The first-order chi connectivity index (χ1) is 26.2. The lowest BCUT2D eigenvalue weighted by atomic mass is 10.0. The molecule has 0 bridgehead atoms. The molecule has 0 atom stereocenters. The van der Waals surface area contributed by atoms with Crippen LogP contribution in [0.1, 0.15) is 18.1 Å². The van der Waals surface area contributed by atoms with Crippen LogP contribution in [-0.4, -0.2) is 14.5 Å². The molecule has 53 heavy (non-hydrogen) atoms. The van der Waals surface area contributed by atoms with Gasteiger partial charge in [0.25, 0.3) is 0 Å². The molecule has 3 nitrogen and oxygen atoms in total. The van der Waals surface area contributed by atoms with Crippen LogP contribution >= 0.6 is 11.3 Å². The van der Waals surface area contributed by atoms with E-state index in [1.807, 2.05) is 41.7 Å². The summed E-state index contributed by atoms with van der Waals surface area (Å²) < 4.78 is 4.99. The third kappa shape index (κ3) is 5.18. The lowest BCUT2D eigenvalue weighted by molar-refractivity contribution is 1.17. The fourth-order valence-corrected chi connectivity index (χ4v) is 8.97. The minimum atomic E-state index is 0.713. The number of benzene rings is 7. The van der Waals surface area contributed by atoms with E-state index in [2.05, 4.69) is 158 Å². The molecule has 0 amide bonds. The maximum atomic E-state index is 5.09. The normalized spacial score (nSPS) is 11.9. The quantitative estimate of drug-likeness (QED) is 0.173. The predicted octanol–water partition coefficient (Wildman–Crippen LogP) is 13.8. The summed E-state index contributed by atoms with van der Waals surface area (Å²) in [6, 6.07) is 54.1. The molecule has 3 aromatic heterocycles. The van der Waals surface area contributed by atoms with Gasteiger partial charge in [0.2, 0.25) is 0 Å². The Hall–Kier alpha value is -6.62. The molecule has 0 aliphatic heterocycles. The molecule has 4 heteroatoms. The lowest BCUT2D eigenvalue weighted by Gasteiger charge is -2.12. The Morgan fingerprint density at radius 1 is 0.566 bits per heavy atom. The molecule has 0 unspecified atom stereocenters. The standard InChI is InChI=1S/C49H33N3S/c1-3-13-38-31(4-2)22-25-39-42-28-41-40-26-35-18-11-12-19-36(35)27-45(40)52(46(41)30-47(42)53-48(38)39)37-23-20-33(21-24-37)44-29-43(32-14-7-5-8-15-32)50-49(51-44)34-16-9-6-10-17-34/h3-30H,2H2,1H3/b13-3-. The Balaban J connectivity index is 1.18. The van der Waals surface area contributed by atoms with Gasteiger partial charge >= 0.3 is 0 Å². The van der Waals surface area contributed by atoms with Crippen LogP contribution in [0.25, 0.3) is 104 Å². The average Bonchev–Trinajstić information content (AvgIpc) is 3.74. The van der Waals surface area contributed by atoms with E-state index in [1.54, 1.807) is 0 Å². The van der Waals surface area contributed by atoms with Crippen LogP contribution in [0.2, 0.25) is 0 Å². The fraction of sp³-hybridized carbons (Fsp3) is 0.0204. The molecule has 0 saturated heterocycles. The zero-order valence-electron chi connectivity index (χ0n) is 29.1. The molecule has 7 aromatic carbocycles. The van der Waals surface area contributed by atoms with Crippen molar-refractivity contribution < 1.29 is 0 Å². The van der Waals surface area contributed by atoms with Crippen molar-refractivity contribution >= 4 is 76.2 Å². The van der Waals surface area contributed by atoms with E-state index in [0.717, 1.165) is 39.3 Å². The van der Waals surface area contributed by atoms with Gasteiger partial charge in [-0.25, -0.2) is 9.97 Å². The molecule has 3 heterocycles. The maximum Gasteiger partial charge on any atom is 0.160 e. The fourth-order valence-electron chi connectivity index (χ4n) is 7.71. The van der Waals surface area contributed by atoms with Crippen molar-refractivity contribution in [1.82, 2.24) is 14.5 Å². The molecule has 0 radical (unpaired) electrons. The van der Waals surface area contributed by atoms with E-state index in [-0.39, 0.29) is 0 Å². The average molecular weight is 696 g/mol. The summed E-state index contributed by atoms with van der Waals surface area (Å²) in [7, 11) is 0. The van der Waals surface area contributed by atoms with Crippen LogP contribution in [-0.2, 0) is 0 Å². The van der Waals surface area contributed by atoms with Crippen LogP contribution in [0.15, 0.2) is 164 Å². The van der Waals surface area contributed by atoms with Gasteiger partial charge in [-0.1, -0.05) is 134 Å². The van der Waals surface area contributed by atoms with Crippen molar-refractivity contribution in [3.05, 3.63) is 175 Å². The summed E-state index contributed by atoms with van der Waals surface area (Å²) in [6.07, 6.45) is 6.28. The lowest BCUT2D eigenvalue weighted by Crippen LogP contribution is -1.97. The van der Waals surface area contributed by atoms with Crippen molar-refractivity contribution in [2.45, 2.75) is 6.92 Å². The highest BCUT2D eigenvalue weighted by molar-refractivity contribution is 7.26. The van der Waals surface area contributed by atoms with E-state index < -0.39 is 0 Å². The topological polar surface area (TPSA) is 30.7 Å². The largest absolute Gasteiger partial charge is 0.309 e. The Labute approximate surface area is 311 Å². The minimum absolute atomic E-state index is 0.713. The number of rotatable bonds is 6. The number of thiophene rings is 1. The molecular formula is C49H33N3S. The highest BCUT2D eigenvalue weighted by Gasteiger charge is 2.18.